The van der Waals surface area contributed by atoms with Crippen molar-refractivity contribution in [2.75, 3.05) is 5.32 Å². The van der Waals surface area contributed by atoms with Gasteiger partial charge in [0.15, 0.2) is 0 Å². The second-order valence-electron chi connectivity index (χ2n) is 4.06. The maximum atomic E-state index is 8.87. The lowest BCUT2D eigenvalue weighted by Crippen LogP contribution is -2.18. The van der Waals surface area contributed by atoms with Gasteiger partial charge in [0.05, 0.1) is 11.6 Å². The van der Waals surface area contributed by atoms with Crippen LogP contribution in [0.15, 0.2) is 29.0 Å². The van der Waals surface area contributed by atoms with Gasteiger partial charge in [0.25, 0.3) is 0 Å². The van der Waals surface area contributed by atoms with Crippen LogP contribution in [-0.2, 0) is 6.42 Å². The van der Waals surface area contributed by atoms with Crippen molar-refractivity contribution in [1.29, 1.82) is 5.26 Å². The third-order valence-corrected chi connectivity index (χ3v) is 3.37. The quantitative estimate of drug-likeness (QED) is 0.867. The first-order valence-electron chi connectivity index (χ1n) is 5.52. The molecule has 0 saturated heterocycles. The molecule has 0 aliphatic rings. The molecule has 2 aromatic heterocycles. The van der Waals surface area contributed by atoms with E-state index in [9.17, 15) is 0 Å². The van der Waals surface area contributed by atoms with Gasteiger partial charge >= 0.3 is 0 Å². The number of nitrogens with one attached hydrogen (secondary N) is 1. The molecular weight excluding hydrogens is 266 g/mol. The smallest absolute Gasteiger partial charge is 0.132 e. The van der Waals surface area contributed by atoms with E-state index in [-0.39, 0.29) is 6.04 Å². The van der Waals surface area contributed by atoms with Gasteiger partial charge in [-0.25, -0.2) is 4.98 Å². The summed E-state index contributed by atoms with van der Waals surface area (Å²) >= 11 is 7.54. The number of nitriles is 1. The van der Waals surface area contributed by atoms with E-state index in [4.69, 9.17) is 16.9 Å². The van der Waals surface area contributed by atoms with Crippen molar-refractivity contribution in [1.82, 2.24) is 4.98 Å². The molecule has 0 amide bonds. The Morgan fingerprint density at radius 3 is 3.06 bits per heavy atom. The van der Waals surface area contributed by atoms with Crippen LogP contribution >= 0.6 is 22.9 Å². The summed E-state index contributed by atoms with van der Waals surface area (Å²) in [5.74, 6) is 0.641. The number of anilines is 1. The Kier molecular flexibility index (Phi) is 4.19. The predicted octanol–water partition coefficient (Wildman–Crippen LogP) is 3.71. The van der Waals surface area contributed by atoms with Gasteiger partial charge in [-0.05, 0) is 47.9 Å². The van der Waals surface area contributed by atoms with Crippen LogP contribution in [0.4, 0.5) is 5.82 Å². The molecule has 0 spiro atoms. The minimum atomic E-state index is 0.233. The predicted molar refractivity (Wildman–Crippen MR) is 75.1 cm³/mol. The zero-order chi connectivity index (χ0) is 13.0. The topological polar surface area (TPSA) is 48.7 Å². The lowest BCUT2D eigenvalue weighted by atomic mass is 10.1. The molecule has 0 aliphatic carbocycles. The number of halogens is 1. The number of thiophene rings is 1. The summed E-state index contributed by atoms with van der Waals surface area (Å²) in [5.41, 5.74) is 1.81. The average Bonchev–Trinajstić information content (AvgIpc) is 2.80. The highest BCUT2D eigenvalue weighted by atomic mass is 35.5. The minimum absolute atomic E-state index is 0.233. The fourth-order valence-electron chi connectivity index (χ4n) is 1.70. The normalized spacial score (nSPS) is 11.8. The lowest BCUT2D eigenvalue weighted by Gasteiger charge is -2.14. The van der Waals surface area contributed by atoms with E-state index in [2.05, 4.69) is 40.1 Å². The molecule has 0 aromatic carbocycles. The van der Waals surface area contributed by atoms with E-state index in [0.29, 0.717) is 16.5 Å². The Labute approximate surface area is 115 Å². The molecule has 0 saturated carbocycles. The maximum absolute atomic E-state index is 8.87. The summed E-state index contributed by atoms with van der Waals surface area (Å²) in [6.45, 7) is 2.08. The van der Waals surface area contributed by atoms with Crippen LogP contribution < -0.4 is 5.32 Å². The summed E-state index contributed by atoms with van der Waals surface area (Å²) in [5, 5.41) is 16.6. The number of aromatic nitrogens is 1. The van der Waals surface area contributed by atoms with Gasteiger partial charge in [0, 0.05) is 6.04 Å². The van der Waals surface area contributed by atoms with Crippen LogP contribution in [-0.4, -0.2) is 11.0 Å². The molecule has 18 heavy (non-hydrogen) atoms. The number of hydrogen-bond donors (Lipinski definition) is 1. The zero-order valence-electron chi connectivity index (χ0n) is 9.85. The largest absolute Gasteiger partial charge is 0.367 e. The molecule has 1 N–H and O–H groups in total. The van der Waals surface area contributed by atoms with Crippen LogP contribution in [0.25, 0.3) is 0 Å². The molecule has 0 bridgehead atoms. The Hall–Kier alpha value is -1.57. The number of rotatable bonds is 4. The van der Waals surface area contributed by atoms with Crippen LogP contribution in [0, 0.1) is 11.3 Å². The fraction of sp³-hybridized carbons (Fsp3) is 0.231. The van der Waals surface area contributed by atoms with Crippen molar-refractivity contribution >= 4 is 28.8 Å². The molecule has 2 heterocycles. The van der Waals surface area contributed by atoms with Crippen molar-refractivity contribution < 1.29 is 0 Å². The summed E-state index contributed by atoms with van der Waals surface area (Å²) < 4.78 is 0. The van der Waals surface area contributed by atoms with Crippen molar-refractivity contribution in [2.24, 2.45) is 0 Å². The highest BCUT2D eigenvalue weighted by Gasteiger charge is 2.06. The molecule has 2 rings (SSSR count). The van der Waals surface area contributed by atoms with Gasteiger partial charge in [-0.2, -0.15) is 16.6 Å². The summed E-state index contributed by atoms with van der Waals surface area (Å²) in [4.78, 5) is 4.16. The SMILES string of the molecule is CC(Cc1ccsc1)Nc1cc(C#N)cc(Cl)n1. The standard InChI is InChI=1S/C13H12ClN3S/c1-9(4-10-2-3-18-8-10)16-13-6-11(7-15)5-12(14)17-13/h2-3,5-6,8-9H,4H2,1H3,(H,16,17). The molecule has 0 radical (unpaired) electrons. The molecule has 3 nitrogen and oxygen atoms in total. The van der Waals surface area contributed by atoms with Gasteiger partial charge in [-0.3, -0.25) is 0 Å². The van der Waals surface area contributed by atoms with Gasteiger partial charge in [-0.1, -0.05) is 11.6 Å². The number of pyridine rings is 1. The first-order chi connectivity index (χ1) is 8.67. The molecule has 1 atom stereocenters. The lowest BCUT2D eigenvalue weighted by molar-refractivity contribution is 0.787. The van der Waals surface area contributed by atoms with Gasteiger partial charge < -0.3 is 5.32 Å². The van der Waals surface area contributed by atoms with Crippen LogP contribution in [0.3, 0.4) is 0 Å². The molecule has 0 aliphatic heterocycles. The van der Waals surface area contributed by atoms with Gasteiger partial charge in [0.2, 0.25) is 0 Å². The Bertz CT molecular complexity index is 560. The third kappa shape index (κ3) is 3.46. The summed E-state index contributed by atoms with van der Waals surface area (Å²) in [7, 11) is 0. The first-order valence-corrected chi connectivity index (χ1v) is 6.85. The minimum Gasteiger partial charge on any atom is -0.367 e. The molecule has 92 valence electrons. The van der Waals surface area contributed by atoms with Gasteiger partial charge in [-0.15, -0.1) is 0 Å². The van der Waals surface area contributed by atoms with E-state index >= 15 is 0 Å². The van der Waals surface area contributed by atoms with E-state index in [1.54, 1.807) is 23.5 Å². The molecular formula is C13H12ClN3S. The highest BCUT2D eigenvalue weighted by Crippen LogP contribution is 2.16. The van der Waals surface area contributed by atoms with Crippen LogP contribution in [0.1, 0.15) is 18.1 Å². The van der Waals surface area contributed by atoms with Crippen molar-refractivity contribution in [3.05, 3.63) is 45.2 Å². The second kappa shape index (κ2) is 5.85. The second-order valence-corrected chi connectivity index (χ2v) is 5.22. The third-order valence-electron chi connectivity index (χ3n) is 2.44. The van der Waals surface area contributed by atoms with E-state index in [1.807, 2.05) is 0 Å². The van der Waals surface area contributed by atoms with Crippen LogP contribution in [0.2, 0.25) is 5.15 Å². The maximum Gasteiger partial charge on any atom is 0.132 e. The van der Waals surface area contributed by atoms with E-state index < -0.39 is 0 Å². The molecule has 5 heteroatoms. The van der Waals surface area contributed by atoms with Crippen LogP contribution in [0.5, 0.6) is 0 Å². The molecule has 2 aromatic rings. The highest BCUT2D eigenvalue weighted by molar-refractivity contribution is 7.07. The molecule has 0 fully saturated rings. The zero-order valence-corrected chi connectivity index (χ0v) is 11.4. The van der Waals surface area contributed by atoms with Crippen molar-refractivity contribution in [3.63, 3.8) is 0 Å². The van der Waals surface area contributed by atoms with Gasteiger partial charge in [0.1, 0.15) is 11.0 Å². The van der Waals surface area contributed by atoms with Crippen molar-refractivity contribution in [3.8, 4) is 6.07 Å². The average molecular weight is 278 g/mol. The fourth-order valence-corrected chi connectivity index (χ4v) is 2.59. The number of hydrogen-bond acceptors (Lipinski definition) is 4. The Morgan fingerprint density at radius 2 is 2.39 bits per heavy atom. The van der Waals surface area contributed by atoms with Crippen molar-refractivity contribution in [2.45, 2.75) is 19.4 Å². The summed E-state index contributed by atoms with van der Waals surface area (Å²) in [6.07, 6.45) is 0.916. The Morgan fingerprint density at radius 1 is 1.56 bits per heavy atom. The summed E-state index contributed by atoms with van der Waals surface area (Å²) in [6, 6.07) is 7.66. The molecule has 1 unspecified atom stereocenters. The monoisotopic (exact) mass is 277 g/mol. The number of nitrogens with zero attached hydrogens (tertiary/aromatic N) is 2. The Balaban J connectivity index is 2.05. The van der Waals surface area contributed by atoms with E-state index in [1.165, 1.54) is 5.56 Å². The van der Waals surface area contributed by atoms with E-state index in [0.717, 1.165) is 6.42 Å². The first kappa shape index (κ1) is 12.9.